The molecule has 0 saturated heterocycles. The summed E-state index contributed by atoms with van der Waals surface area (Å²) in [7, 11) is 0. The Morgan fingerprint density at radius 3 is 2.75 bits per heavy atom. The van der Waals surface area contributed by atoms with E-state index in [4.69, 9.17) is 5.73 Å². The lowest BCUT2D eigenvalue weighted by Gasteiger charge is -1.75. The Morgan fingerprint density at radius 1 is 1.75 bits per heavy atom. The summed E-state index contributed by atoms with van der Waals surface area (Å²) in [4.78, 5) is 3.78. The molecule has 0 aliphatic carbocycles. The van der Waals surface area contributed by atoms with E-state index in [9.17, 15) is 0 Å². The first kappa shape index (κ1) is 5.04. The number of anilines is 1. The minimum absolute atomic E-state index is 0.281. The molecule has 8 heavy (non-hydrogen) atoms. The highest BCUT2D eigenvalue weighted by molar-refractivity contribution is 5.11. The second-order valence-corrected chi connectivity index (χ2v) is 1.39. The van der Waals surface area contributed by atoms with Gasteiger partial charge in [0.1, 0.15) is 6.54 Å². The molecule has 0 saturated carbocycles. The van der Waals surface area contributed by atoms with Crippen molar-refractivity contribution < 1.29 is 5.73 Å². The molecule has 6 N–H and O–H groups in total. The highest BCUT2D eigenvalue weighted by Crippen LogP contribution is 1.87. The first-order valence-corrected chi connectivity index (χ1v) is 2.29. The van der Waals surface area contributed by atoms with Crippen molar-refractivity contribution >= 4 is 5.95 Å². The molecule has 0 fully saturated rings. The normalized spacial score (nSPS) is 9.62. The van der Waals surface area contributed by atoms with Crippen molar-refractivity contribution in [1.29, 1.82) is 0 Å². The van der Waals surface area contributed by atoms with Gasteiger partial charge in [-0.3, -0.25) is 5.10 Å². The molecule has 1 aromatic heterocycles. The fourth-order valence-electron chi connectivity index (χ4n) is 0.422. The molecule has 5 heteroatoms. The minimum Gasteiger partial charge on any atom is -0.367 e. The summed E-state index contributed by atoms with van der Waals surface area (Å²) in [6.07, 6.45) is 0. The first-order chi connectivity index (χ1) is 3.83. The Labute approximate surface area is 46.1 Å². The number of aromatic amines is 1. The van der Waals surface area contributed by atoms with Crippen LogP contribution in [0.25, 0.3) is 0 Å². The number of nitrogens with zero attached hydrogens (tertiary/aromatic N) is 2. The lowest BCUT2D eigenvalue weighted by molar-refractivity contribution is -0.388. The van der Waals surface area contributed by atoms with Gasteiger partial charge in [0.2, 0.25) is 5.95 Å². The van der Waals surface area contributed by atoms with Crippen LogP contribution in [0.1, 0.15) is 5.82 Å². The first-order valence-electron chi connectivity index (χ1n) is 2.29. The largest absolute Gasteiger partial charge is 0.367 e. The molecule has 0 atom stereocenters. The molecular weight excluding hydrogens is 106 g/mol. The van der Waals surface area contributed by atoms with Crippen LogP contribution in [0.3, 0.4) is 0 Å². The molecule has 0 bridgehead atoms. The Kier molecular flexibility index (Phi) is 1.13. The van der Waals surface area contributed by atoms with Crippen LogP contribution in [0.2, 0.25) is 0 Å². The predicted octanol–water partition coefficient (Wildman–Crippen LogP) is -1.87. The van der Waals surface area contributed by atoms with E-state index in [0.717, 1.165) is 5.82 Å². The second kappa shape index (κ2) is 1.79. The van der Waals surface area contributed by atoms with Crippen LogP contribution in [-0.2, 0) is 6.54 Å². The Balaban J connectivity index is 2.84. The molecule has 44 valence electrons. The summed E-state index contributed by atoms with van der Waals surface area (Å²) in [5.41, 5.74) is 8.75. The Morgan fingerprint density at radius 2 is 2.50 bits per heavy atom. The van der Waals surface area contributed by atoms with E-state index < -0.39 is 0 Å². The number of nitrogens with two attached hydrogens (primary N) is 1. The molecule has 0 aromatic carbocycles. The van der Waals surface area contributed by atoms with E-state index in [1.165, 1.54) is 0 Å². The Bertz CT molecular complexity index is 168. The maximum absolute atomic E-state index is 5.17. The van der Waals surface area contributed by atoms with E-state index in [1.807, 2.05) is 0 Å². The molecule has 1 aromatic rings. The van der Waals surface area contributed by atoms with Crippen molar-refractivity contribution in [2.24, 2.45) is 0 Å². The van der Waals surface area contributed by atoms with E-state index in [2.05, 4.69) is 20.9 Å². The van der Waals surface area contributed by atoms with Crippen molar-refractivity contribution in [3.05, 3.63) is 5.82 Å². The molecule has 1 heterocycles. The highest BCUT2D eigenvalue weighted by atomic mass is 15.3. The maximum atomic E-state index is 5.17. The second-order valence-electron chi connectivity index (χ2n) is 1.39. The van der Waals surface area contributed by atoms with Gasteiger partial charge in [-0.1, -0.05) is 0 Å². The number of H-pyrrole nitrogens is 1. The quantitative estimate of drug-likeness (QED) is 0.399. The average molecular weight is 114 g/mol. The van der Waals surface area contributed by atoms with Gasteiger partial charge < -0.3 is 11.5 Å². The van der Waals surface area contributed by atoms with Crippen LogP contribution in [0.4, 0.5) is 5.95 Å². The number of nitrogen functional groups attached to an aromatic ring is 1. The summed E-state index contributed by atoms with van der Waals surface area (Å²) in [5.74, 6) is 1.01. The molecule has 0 amide bonds. The molecule has 0 aliphatic heterocycles. The smallest absolute Gasteiger partial charge is 0.239 e. The minimum atomic E-state index is 0.281. The lowest BCUT2D eigenvalue weighted by Crippen LogP contribution is -2.48. The van der Waals surface area contributed by atoms with E-state index in [0.29, 0.717) is 6.54 Å². The fourth-order valence-corrected chi connectivity index (χ4v) is 0.422. The SMILES string of the molecule is Nc1n[nH]c(C[NH3+])n1. The van der Waals surface area contributed by atoms with Gasteiger partial charge in [0, 0.05) is 0 Å². The van der Waals surface area contributed by atoms with E-state index in [-0.39, 0.29) is 5.95 Å². The maximum Gasteiger partial charge on any atom is 0.239 e. The zero-order valence-electron chi connectivity index (χ0n) is 4.39. The summed E-state index contributed by atoms with van der Waals surface area (Å²) in [5, 5.41) is 6.20. The Hall–Kier alpha value is -1.10. The third kappa shape index (κ3) is 0.760. The number of nitrogens with one attached hydrogen (secondary N) is 1. The van der Waals surface area contributed by atoms with Gasteiger partial charge in [0.05, 0.1) is 0 Å². The van der Waals surface area contributed by atoms with Crippen molar-refractivity contribution in [3.63, 3.8) is 0 Å². The molecule has 0 aliphatic rings. The fraction of sp³-hybridized carbons (Fsp3) is 0.333. The van der Waals surface area contributed by atoms with Gasteiger partial charge >= 0.3 is 0 Å². The summed E-state index contributed by atoms with van der Waals surface area (Å²) in [6.45, 7) is 0.601. The zero-order valence-corrected chi connectivity index (χ0v) is 4.39. The summed E-state index contributed by atoms with van der Waals surface area (Å²) < 4.78 is 0. The van der Waals surface area contributed by atoms with Crippen molar-refractivity contribution in [2.45, 2.75) is 6.54 Å². The molecule has 0 spiro atoms. The lowest BCUT2D eigenvalue weighted by atomic mass is 10.6. The topological polar surface area (TPSA) is 95.2 Å². The number of aromatic nitrogens is 3. The monoisotopic (exact) mass is 114 g/mol. The molecule has 1 rings (SSSR count). The van der Waals surface area contributed by atoms with Gasteiger partial charge in [-0.2, -0.15) is 4.98 Å². The van der Waals surface area contributed by atoms with Crippen LogP contribution in [-0.4, -0.2) is 15.2 Å². The highest BCUT2D eigenvalue weighted by Gasteiger charge is 1.94. The van der Waals surface area contributed by atoms with Crippen molar-refractivity contribution in [2.75, 3.05) is 5.73 Å². The number of hydrogen-bond acceptors (Lipinski definition) is 3. The average Bonchev–Trinajstić information content (AvgIpc) is 2.14. The third-order valence-corrected chi connectivity index (χ3v) is 0.786. The van der Waals surface area contributed by atoms with Gasteiger partial charge in [0.15, 0.2) is 5.82 Å². The van der Waals surface area contributed by atoms with Gasteiger partial charge in [0.25, 0.3) is 0 Å². The zero-order chi connectivity index (χ0) is 5.98. The number of quaternary nitrogens is 1. The van der Waals surface area contributed by atoms with Gasteiger partial charge in [-0.15, -0.1) is 5.10 Å². The molecule has 0 radical (unpaired) electrons. The molecule has 5 nitrogen and oxygen atoms in total. The van der Waals surface area contributed by atoms with Gasteiger partial charge in [-0.05, 0) is 0 Å². The van der Waals surface area contributed by atoms with Crippen molar-refractivity contribution in [3.8, 4) is 0 Å². The predicted molar refractivity (Wildman–Crippen MR) is 27.4 cm³/mol. The standard InChI is InChI=1S/C3H7N5/c4-1-2-6-3(5)8-7-2/h1,4H2,(H3,5,6,7,8)/p+1. The molecular formula is C3H8N5+. The van der Waals surface area contributed by atoms with Crippen LogP contribution < -0.4 is 11.5 Å². The molecule has 0 unspecified atom stereocenters. The van der Waals surface area contributed by atoms with E-state index >= 15 is 0 Å². The summed E-state index contributed by atoms with van der Waals surface area (Å²) >= 11 is 0. The number of rotatable bonds is 1. The third-order valence-electron chi connectivity index (χ3n) is 0.786. The summed E-state index contributed by atoms with van der Waals surface area (Å²) in [6, 6.07) is 0. The van der Waals surface area contributed by atoms with Crippen LogP contribution >= 0.6 is 0 Å². The van der Waals surface area contributed by atoms with E-state index in [1.54, 1.807) is 0 Å². The number of hydrogen-bond donors (Lipinski definition) is 3. The van der Waals surface area contributed by atoms with Gasteiger partial charge in [-0.25, -0.2) is 0 Å². The van der Waals surface area contributed by atoms with Crippen LogP contribution in [0, 0.1) is 0 Å². The van der Waals surface area contributed by atoms with Crippen LogP contribution in [0.15, 0.2) is 0 Å². The van der Waals surface area contributed by atoms with Crippen LogP contribution in [0.5, 0.6) is 0 Å². The van der Waals surface area contributed by atoms with Crippen molar-refractivity contribution in [1.82, 2.24) is 15.2 Å².